The highest BCUT2D eigenvalue weighted by Gasteiger charge is 2.30. The maximum Gasteiger partial charge on any atom is 0.321 e. The first-order valence-corrected chi connectivity index (χ1v) is 9.23. The van der Waals surface area contributed by atoms with E-state index in [4.69, 9.17) is 0 Å². The van der Waals surface area contributed by atoms with Crippen molar-refractivity contribution in [3.63, 3.8) is 0 Å². The van der Waals surface area contributed by atoms with Crippen LogP contribution in [0.1, 0.15) is 26.7 Å². The average Bonchev–Trinajstić information content (AvgIpc) is 2.58. The minimum Gasteiger partial charge on any atom is -0.343 e. The summed E-state index contributed by atoms with van der Waals surface area (Å²) in [6, 6.07) is 7.57. The molecule has 126 valence electrons. The summed E-state index contributed by atoms with van der Waals surface area (Å²) < 4.78 is 1.13. The second-order valence-corrected chi connectivity index (χ2v) is 6.98. The van der Waals surface area contributed by atoms with Crippen LogP contribution in [0.25, 0.3) is 0 Å². The second kappa shape index (κ2) is 8.52. The molecule has 0 aromatic heterocycles. The number of carbonyl (C=O) groups is 2. The van der Waals surface area contributed by atoms with Gasteiger partial charge in [-0.15, -0.1) is 0 Å². The minimum atomic E-state index is -0.122. The van der Waals surface area contributed by atoms with Crippen LogP contribution in [0.2, 0.25) is 0 Å². The molecular formula is C17H24IN3O2. The lowest BCUT2D eigenvalue weighted by atomic mass is 9.96. The summed E-state index contributed by atoms with van der Waals surface area (Å²) in [5, 5.41) is 2.91. The fourth-order valence-electron chi connectivity index (χ4n) is 2.89. The van der Waals surface area contributed by atoms with Gasteiger partial charge in [-0.2, -0.15) is 0 Å². The third-order valence-electron chi connectivity index (χ3n) is 4.23. The van der Waals surface area contributed by atoms with Crippen LogP contribution >= 0.6 is 22.6 Å². The van der Waals surface area contributed by atoms with Crippen LogP contribution in [0.4, 0.5) is 10.5 Å². The summed E-state index contributed by atoms with van der Waals surface area (Å²) >= 11 is 2.23. The van der Waals surface area contributed by atoms with Crippen molar-refractivity contribution in [2.75, 3.05) is 31.5 Å². The molecule has 1 saturated heterocycles. The molecule has 5 nitrogen and oxygen atoms in total. The zero-order chi connectivity index (χ0) is 16.8. The normalized spacial score (nSPS) is 17.7. The molecule has 3 amide bonds. The number of nitrogens with one attached hydrogen (secondary N) is 1. The molecule has 23 heavy (non-hydrogen) atoms. The molecule has 1 heterocycles. The first-order valence-electron chi connectivity index (χ1n) is 8.15. The Morgan fingerprint density at radius 1 is 1.26 bits per heavy atom. The van der Waals surface area contributed by atoms with Crippen molar-refractivity contribution in [3.05, 3.63) is 27.8 Å². The van der Waals surface area contributed by atoms with Crippen molar-refractivity contribution in [2.24, 2.45) is 5.92 Å². The summed E-state index contributed by atoms with van der Waals surface area (Å²) in [6.07, 6.45) is 1.74. The molecule has 1 aliphatic rings. The molecule has 1 fully saturated rings. The van der Waals surface area contributed by atoms with E-state index in [9.17, 15) is 9.59 Å². The molecule has 0 bridgehead atoms. The molecule has 0 aliphatic carbocycles. The van der Waals surface area contributed by atoms with E-state index >= 15 is 0 Å². The van der Waals surface area contributed by atoms with Crippen LogP contribution in [0.3, 0.4) is 0 Å². The van der Waals surface area contributed by atoms with E-state index in [2.05, 4.69) is 27.9 Å². The zero-order valence-corrected chi connectivity index (χ0v) is 15.9. The fraction of sp³-hybridized carbons (Fsp3) is 0.529. The van der Waals surface area contributed by atoms with Crippen LogP contribution in [-0.2, 0) is 4.79 Å². The van der Waals surface area contributed by atoms with Gasteiger partial charge < -0.3 is 15.1 Å². The van der Waals surface area contributed by atoms with E-state index in [0.717, 1.165) is 35.2 Å². The quantitative estimate of drug-likeness (QED) is 0.747. The van der Waals surface area contributed by atoms with Crippen LogP contribution in [0, 0.1) is 9.49 Å². The van der Waals surface area contributed by atoms with Crippen molar-refractivity contribution in [1.82, 2.24) is 9.80 Å². The second-order valence-electron chi connectivity index (χ2n) is 5.73. The van der Waals surface area contributed by atoms with E-state index in [1.165, 1.54) is 0 Å². The lowest BCUT2D eigenvalue weighted by Crippen LogP contribution is -2.47. The number of amides is 3. The van der Waals surface area contributed by atoms with Gasteiger partial charge in [0.1, 0.15) is 0 Å². The van der Waals surface area contributed by atoms with Gasteiger partial charge in [-0.1, -0.05) is 0 Å². The highest BCUT2D eigenvalue weighted by molar-refractivity contribution is 14.1. The van der Waals surface area contributed by atoms with E-state index in [1.54, 1.807) is 4.90 Å². The Labute approximate surface area is 151 Å². The maximum atomic E-state index is 12.5. The number of rotatable bonds is 4. The van der Waals surface area contributed by atoms with Gasteiger partial charge in [0.05, 0.1) is 5.92 Å². The minimum absolute atomic E-state index is 0.0777. The number of nitrogens with zero attached hydrogens (tertiary/aromatic N) is 2. The lowest BCUT2D eigenvalue weighted by molar-refractivity contribution is -0.136. The maximum absolute atomic E-state index is 12.5. The Bertz CT molecular complexity index is 543. The lowest BCUT2D eigenvalue weighted by Gasteiger charge is -2.34. The number of carbonyl (C=O) groups excluding carboxylic acids is 2. The molecule has 0 saturated carbocycles. The molecule has 1 N–H and O–H groups in total. The molecule has 0 radical (unpaired) electrons. The predicted octanol–water partition coefficient (Wildman–Crippen LogP) is 3.40. The Morgan fingerprint density at radius 3 is 2.52 bits per heavy atom. The average molecular weight is 429 g/mol. The number of halogens is 1. The van der Waals surface area contributed by atoms with E-state index in [1.807, 2.05) is 43.0 Å². The first kappa shape index (κ1) is 18.0. The first-order chi connectivity index (χ1) is 11.0. The van der Waals surface area contributed by atoms with Crippen LogP contribution < -0.4 is 5.32 Å². The molecule has 1 aliphatic heterocycles. The van der Waals surface area contributed by atoms with Crippen LogP contribution in [0.5, 0.6) is 0 Å². The third kappa shape index (κ3) is 4.83. The SMILES string of the molecule is CCN(CC)C(=O)C1CCCN(C(=O)Nc2ccc(I)cc2)C1. The van der Waals surface area contributed by atoms with Gasteiger partial charge in [0.15, 0.2) is 0 Å². The molecule has 0 spiro atoms. The van der Waals surface area contributed by atoms with Crippen molar-refractivity contribution < 1.29 is 9.59 Å². The molecule has 1 atom stereocenters. The number of likely N-dealkylation sites (tertiary alicyclic amines) is 1. The summed E-state index contributed by atoms with van der Waals surface area (Å²) in [5.74, 6) is 0.0906. The number of hydrogen-bond donors (Lipinski definition) is 1. The predicted molar refractivity (Wildman–Crippen MR) is 100 cm³/mol. The number of urea groups is 1. The number of hydrogen-bond acceptors (Lipinski definition) is 2. The van der Waals surface area contributed by atoms with Crippen LogP contribution in [-0.4, -0.2) is 47.9 Å². The van der Waals surface area contributed by atoms with Gasteiger partial charge >= 0.3 is 6.03 Å². The Hall–Kier alpha value is -1.31. The van der Waals surface area contributed by atoms with Gasteiger partial charge in [-0.3, -0.25) is 4.79 Å². The standard InChI is InChI=1S/C17H24IN3O2/c1-3-20(4-2)16(22)13-6-5-11-21(12-13)17(23)19-15-9-7-14(18)8-10-15/h7-10,13H,3-6,11-12H2,1-2H3,(H,19,23). The topological polar surface area (TPSA) is 52.7 Å². The van der Waals surface area contributed by atoms with E-state index < -0.39 is 0 Å². The van der Waals surface area contributed by atoms with Crippen molar-refractivity contribution >= 4 is 40.2 Å². The smallest absolute Gasteiger partial charge is 0.321 e. The molecule has 2 rings (SSSR count). The molecular weight excluding hydrogens is 405 g/mol. The molecule has 1 aromatic carbocycles. The number of anilines is 1. The fourth-order valence-corrected chi connectivity index (χ4v) is 3.25. The Balaban J connectivity index is 1.96. The summed E-state index contributed by atoms with van der Waals surface area (Å²) in [5.41, 5.74) is 0.785. The van der Waals surface area contributed by atoms with Gasteiger partial charge in [-0.05, 0) is 73.5 Å². The summed E-state index contributed by atoms with van der Waals surface area (Å²) in [4.78, 5) is 28.5. The highest BCUT2D eigenvalue weighted by atomic mass is 127. The van der Waals surface area contributed by atoms with Gasteiger partial charge in [0.2, 0.25) is 5.91 Å². The third-order valence-corrected chi connectivity index (χ3v) is 4.95. The van der Waals surface area contributed by atoms with Gasteiger partial charge in [0.25, 0.3) is 0 Å². The van der Waals surface area contributed by atoms with Crippen molar-refractivity contribution in [1.29, 1.82) is 0 Å². The summed E-state index contributed by atoms with van der Waals surface area (Å²) in [7, 11) is 0. The molecule has 6 heteroatoms. The molecule has 1 unspecified atom stereocenters. The largest absolute Gasteiger partial charge is 0.343 e. The molecule has 1 aromatic rings. The van der Waals surface area contributed by atoms with E-state index in [0.29, 0.717) is 13.1 Å². The van der Waals surface area contributed by atoms with Gasteiger partial charge in [0, 0.05) is 35.4 Å². The Kier molecular flexibility index (Phi) is 6.68. The van der Waals surface area contributed by atoms with Crippen LogP contribution in [0.15, 0.2) is 24.3 Å². The monoisotopic (exact) mass is 429 g/mol. The van der Waals surface area contributed by atoms with Gasteiger partial charge in [-0.25, -0.2) is 4.79 Å². The summed E-state index contributed by atoms with van der Waals surface area (Å²) in [6.45, 7) is 6.64. The van der Waals surface area contributed by atoms with E-state index in [-0.39, 0.29) is 17.9 Å². The van der Waals surface area contributed by atoms with Crippen molar-refractivity contribution in [3.8, 4) is 0 Å². The number of piperidine rings is 1. The van der Waals surface area contributed by atoms with Crippen molar-refractivity contribution in [2.45, 2.75) is 26.7 Å². The highest BCUT2D eigenvalue weighted by Crippen LogP contribution is 2.20. The Morgan fingerprint density at radius 2 is 1.91 bits per heavy atom. The zero-order valence-electron chi connectivity index (χ0n) is 13.7. The number of benzene rings is 1.